The molecule has 0 saturated heterocycles. The average molecular weight is 231 g/mol. The van der Waals surface area contributed by atoms with E-state index in [1.54, 1.807) is 19.2 Å². The van der Waals surface area contributed by atoms with Gasteiger partial charge in [0.2, 0.25) is 0 Å². The fraction of sp³-hybridized carbons (Fsp3) is 0.222. The van der Waals surface area contributed by atoms with Crippen LogP contribution in [0.1, 0.15) is 5.82 Å². The van der Waals surface area contributed by atoms with Crippen LogP contribution in [0.2, 0.25) is 5.02 Å². The highest BCUT2D eigenvalue weighted by Crippen LogP contribution is 2.28. The molecule has 1 N–H and O–H groups in total. The molecular formula is C9H8Cl2N2O. The SMILES string of the molecule is COc1cc2nc(CCl)[nH]c2cc1Cl. The van der Waals surface area contributed by atoms with Crippen molar-refractivity contribution in [2.75, 3.05) is 7.11 Å². The molecule has 1 aromatic carbocycles. The number of H-pyrrole nitrogens is 1. The summed E-state index contributed by atoms with van der Waals surface area (Å²) in [7, 11) is 1.57. The molecule has 0 aliphatic heterocycles. The molecule has 0 unspecified atom stereocenters. The number of halogens is 2. The van der Waals surface area contributed by atoms with Gasteiger partial charge in [-0.25, -0.2) is 4.98 Å². The van der Waals surface area contributed by atoms with E-state index in [9.17, 15) is 0 Å². The molecule has 0 atom stereocenters. The van der Waals surface area contributed by atoms with Gasteiger partial charge in [0.25, 0.3) is 0 Å². The summed E-state index contributed by atoms with van der Waals surface area (Å²) >= 11 is 11.6. The van der Waals surface area contributed by atoms with Gasteiger partial charge in [-0.3, -0.25) is 0 Å². The first-order valence-electron chi connectivity index (χ1n) is 4.02. The molecule has 2 aromatic rings. The first kappa shape index (κ1) is 9.62. The number of aromatic nitrogens is 2. The van der Waals surface area contributed by atoms with Gasteiger partial charge in [-0.1, -0.05) is 11.6 Å². The van der Waals surface area contributed by atoms with Crippen LogP contribution in [0.25, 0.3) is 11.0 Å². The van der Waals surface area contributed by atoms with E-state index in [-0.39, 0.29) is 0 Å². The zero-order chi connectivity index (χ0) is 10.1. The first-order valence-corrected chi connectivity index (χ1v) is 4.94. The Balaban J connectivity index is 2.64. The van der Waals surface area contributed by atoms with Gasteiger partial charge in [0, 0.05) is 6.07 Å². The van der Waals surface area contributed by atoms with Crippen LogP contribution in [-0.4, -0.2) is 17.1 Å². The molecule has 5 heteroatoms. The number of rotatable bonds is 2. The molecule has 0 amide bonds. The van der Waals surface area contributed by atoms with Crippen molar-refractivity contribution in [3.8, 4) is 5.75 Å². The molecular weight excluding hydrogens is 223 g/mol. The van der Waals surface area contributed by atoms with Crippen molar-refractivity contribution in [3.05, 3.63) is 23.0 Å². The van der Waals surface area contributed by atoms with Crippen molar-refractivity contribution < 1.29 is 4.74 Å². The summed E-state index contributed by atoms with van der Waals surface area (Å²) in [5.41, 5.74) is 1.67. The maximum atomic E-state index is 5.95. The van der Waals surface area contributed by atoms with E-state index in [2.05, 4.69) is 9.97 Å². The van der Waals surface area contributed by atoms with Crippen molar-refractivity contribution in [3.63, 3.8) is 0 Å². The number of ether oxygens (including phenoxy) is 1. The highest BCUT2D eigenvalue weighted by molar-refractivity contribution is 6.32. The van der Waals surface area contributed by atoms with E-state index in [0.29, 0.717) is 16.7 Å². The maximum absolute atomic E-state index is 5.95. The molecule has 0 saturated carbocycles. The summed E-state index contributed by atoms with van der Waals surface area (Å²) in [4.78, 5) is 7.31. The Morgan fingerprint density at radius 3 is 2.93 bits per heavy atom. The molecule has 1 heterocycles. The zero-order valence-electron chi connectivity index (χ0n) is 7.47. The lowest BCUT2D eigenvalue weighted by molar-refractivity contribution is 0.415. The number of methoxy groups -OCH3 is 1. The summed E-state index contributed by atoms with van der Waals surface area (Å²) in [5.74, 6) is 1.70. The number of nitrogens with one attached hydrogen (secondary N) is 1. The number of imidazole rings is 1. The Labute approximate surface area is 91.0 Å². The lowest BCUT2D eigenvalue weighted by Crippen LogP contribution is -1.83. The van der Waals surface area contributed by atoms with Crippen LogP contribution in [-0.2, 0) is 5.88 Å². The van der Waals surface area contributed by atoms with Gasteiger partial charge in [0.05, 0.1) is 29.0 Å². The third-order valence-electron chi connectivity index (χ3n) is 1.93. The maximum Gasteiger partial charge on any atom is 0.139 e. The molecule has 74 valence electrons. The zero-order valence-corrected chi connectivity index (χ0v) is 8.99. The smallest absolute Gasteiger partial charge is 0.139 e. The minimum Gasteiger partial charge on any atom is -0.495 e. The highest BCUT2D eigenvalue weighted by Gasteiger charge is 2.07. The van der Waals surface area contributed by atoms with Gasteiger partial charge in [0.1, 0.15) is 11.6 Å². The fourth-order valence-electron chi connectivity index (χ4n) is 1.28. The first-order chi connectivity index (χ1) is 6.74. The molecule has 2 rings (SSSR count). The number of hydrogen-bond acceptors (Lipinski definition) is 2. The molecule has 14 heavy (non-hydrogen) atoms. The van der Waals surface area contributed by atoms with Gasteiger partial charge in [-0.15, -0.1) is 11.6 Å². The lowest BCUT2D eigenvalue weighted by Gasteiger charge is -2.00. The molecule has 0 bridgehead atoms. The van der Waals surface area contributed by atoms with E-state index < -0.39 is 0 Å². The van der Waals surface area contributed by atoms with Crippen molar-refractivity contribution in [1.29, 1.82) is 0 Å². The largest absolute Gasteiger partial charge is 0.495 e. The van der Waals surface area contributed by atoms with Gasteiger partial charge in [0.15, 0.2) is 0 Å². The van der Waals surface area contributed by atoms with Crippen LogP contribution in [0, 0.1) is 0 Å². The Morgan fingerprint density at radius 2 is 2.29 bits per heavy atom. The third kappa shape index (κ3) is 1.53. The predicted octanol–water partition coefficient (Wildman–Crippen LogP) is 2.96. The Kier molecular flexibility index (Phi) is 2.52. The second-order valence-corrected chi connectivity index (χ2v) is 3.50. The fourth-order valence-corrected chi connectivity index (χ4v) is 1.65. The van der Waals surface area contributed by atoms with Crippen molar-refractivity contribution in [1.82, 2.24) is 9.97 Å². The van der Waals surface area contributed by atoms with Crippen LogP contribution in [0.15, 0.2) is 12.1 Å². The third-order valence-corrected chi connectivity index (χ3v) is 2.48. The molecule has 3 nitrogen and oxygen atoms in total. The van der Waals surface area contributed by atoms with Gasteiger partial charge in [-0.2, -0.15) is 0 Å². The minimum absolute atomic E-state index is 0.356. The standard InChI is InChI=1S/C9H8Cl2N2O/c1-14-8-3-7-6(2-5(8)11)12-9(4-10)13-7/h2-3H,4H2,1H3,(H,12,13). The summed E-state index contributed by atoms with van der Waals surface area (Å²) < 4.78 is 5.08. The van der Waals surface area contributed by atoms with Crippen LogP contribution in [0.4, 0.5) is 0 Å². The second kappa shape index (κ2) is 3.67. The molecule has 0 aliphatic rings. The number of nitrogens with zero attached hydrogens (tertiary/aromatic N) is 1. The van der Waals surface area contributed by atoms with Crippen LogP contribution >= 0.6 is 23.2 Å². The van der Waals surface area contributed by atoms with Crippen molar-refractivity contribution in [2.45, 2.75) is 5.88 Å². The van der Waals surface area contributed by atoms with E-state index in [4.69, 9.17) is 27.9 Å². The Hall–Kier alpha value is -0.930. The van der Waals surface area contributed by atoms with Crippen LogP contribution < -0.4 is 4.74 Å². The van der Waals surface area contributed by atoms with E-state index in [0.717, 1.165) is 16.9 Å². The number of aromatic amines is 1. The van der Waals surface area contributed by atoms with Gasteiger partial charge in [-0.05, 0) is 6.07 Å². The normalized spacial score (nSPS) is 10.8. The highest BCUT2D eigenvalue weighted by atomic mass is 35.5. The van der Waals surface area contributed by atoms with Crippen LogP contribution in [0.3, 0.4) is 0 Å². The Bertz CT molecular complexity index is 467. The minimum atomic E-state index is 0.356. The summed E-state index contributed by atoms with van der Waals surface area (Å²) in [5, 5.41) is 0.560. The van der Waals surface area contributed by atoms with Gasteiger partial charge >= 0.3 is 0 Å². The molecule has 1 aromatic heterocycles. The lowest BCUT2D eigenvalue weighted by atomic mass is 10.3. The number of benzene rings is 1. The number of alkyl halides is 1. The molecule has 0 radical (unpaired) electrons. The van der Waals surface area contributed by atoms with E-state index in [1.807, 2.05) is 0 Å². The van der Waals surface area contributed by atoms with Gasteiger partial charge < -0.3 is 9.72 Å². The monoisotopic (exact) mass is 230 g/mol. The van der Waals surface area contributed by atoms with Crippen LogP contribution in [0.5, 0.6) is 5.75 Å². The predicted molar refractivity (Wildman–Crippen MR) is 57.2 cm³/mol. The average Bonchev–Trinajstić information content (AvgIpc) is 2.58. The van der Waals surface area contributed by atoms with Crippen molar-refractivity contribution in [2.24, 2.45) is 0 Å². The summed E-state index contributed by atoms with van der Waals surface area (Å²) in [6.45, 7) is 0. The second-order valence-electron chi connectivity index (χ2n) is 2.82. The topological polar surface area (TPSA) is 37.9 Å². The Morgan fingerprint density at radius 1 is 1.50 bits per heavy atom. The molecule has 0 fully saturated rings. The number of fused-ring (bicyclic) bond motifs is 1. The summed E-state index contributed by atoms with van der Waals surface area (Å²) in [6, 6.07) is 3.56. The van der Waals surface area contributed by atoms with E-state index >= 15 is 0 Å². The number of hydrogen-bond donors (Lipinski definition) is 1. The summed E-state index contributed by atoms with van der Waals surface area (Å²) in [6.07, 6.45) is 0. The molecule has 0 aliphatic carbocycles. The van der Waals surface area contributed by atoms with Crippen molar-refractivity contribution >= 4 is 34.2 Å². The molecule has 0 spiro atoms. The quantitative estimate of drug-likeness (QED) is 0.806. The van der Waals surface area contributed by atoms with E-state index in [1.165, 1.54) is 0 Å².